The Kier molecular flexibility index (Phi) is 12.7. The van der Waals surface area contributed by atoms with Gasteiger partial charge in [0.15, 0.2) is 5.78 Å². The van der Waals surface area contributed by atoms with Gasteiger partial charge in [-0.15, -0.1) is 0 Å². The number of nitrogens with two attached hydrogens (primary N) is 1. The zero-order chi connectivity index (χ0) is 26.4. The van der Waals surface area contributed by atoms with Crippen molar-refractivity contribution < 1.29 is 35.2 Å². The largest absolute Gasteiger partial charge is 0.391 e. The van der Waals surface area contributed by atoms with E-state index in [1.54, 1.807) is 0 Å². The van der Waals surface area contributed by atoms with Crippen LogP contribution in [0.15, 0.2) is 12.2 Å². The van der Waals surface area contributed by atoms with Gasteiger partial charge in [0.25, 0.3) is 11.8 Å². The maximum absolute atomic E-state index is 12.8. The van der Waals surface area contributed by atoms with Gasteiger partial charge in [0, 0.05) is 37.5 Å². The van der Waals surface area contributed by atoms with Gasteiger partial charge in [0.05, 0.1) is 12.6 Å². The molecule has 0 fully saturated rings. The number of carbonyl (C=O) groups is 6. The number of aliphatic hydroxyl groups excluding tert-OH is 1. The maximum atomic E-state index is 12.8. The van der Waals surface area contributed by atoms with Gasteiger partial charge in [-0.05, 0) is 39.2 Å². The summed E-state index contributed by atoms with van der Waals surface area (Å²) in [5.41, 5.74) is 5.48. The second kappa shape index (κ2) is 15.8. The molecule has 0 saturated heterocycles. The molecule has 0 aromatic carbocycles. The van der Waals surface area contributed by atoms with Crippen LogP contribution in [0.5, 0.6) is 0 Å². The lowest BCUT2D eigenvalue weighted by molar-refractivity contribution is -0.137. The van der Waals surface area contributed by atoms with Crippen LogP contribution in [0, 0.1) is 5.92 Å². The van der Waals surface area contributed by atoms with Crippen LogP contribution >= 0.6 is 0 Å². The molecule has 3 atom stereocenters. The van der Waals surface area contributed by atoms with Crippen LogP contribution in [0.4, 0.5) is 0 Å². The number of hydrogen-bond acceptors (Lipinski definition) is 8. The summed E-state index contributed by atoms with van der Waals surface area (Å²) in [6, 6.07) is -1.20. The van der Waals surface area contributed by atoms with E-state index in [4.69, 9.17) is 7.10 Å². The quantitative estimate of drug-likeness (QED) is 0.113. The Labute approximate surface area is 200 Å². The maximum Gasteiger partial charge on any atom is 0.253 e. The van der Waals surface area contributed by atoms with Crippen molar-refractivity contribution in [1.82, 2.24) is 15.5 Å². The first kappa shape index (κ1) is 27.3. The normalized spacial score (nSPS) is 16.1. The van der Waals surface area contributed by atoms with Gasteiger partial charge in [-0.3, -0.25) is 28.9 Å². The molecule has 1 rings (SSSR count). The van der Waals surface area contributed by atoms with Crippen LogP contribution in [0.1, 0.15) is 59.7 Å². The van der Waals surface area contributed by atoms with E-state index >= 15 is 0 Å². The highest BCUT2D eigenvalue weighted by atomic mass is 16.3. The predicted octanol–water partition coefficient (Wildman–Crippen LogP) is -0.643. The summed E-state index contributed by atoms with van der Waals surface area (Å²) in [6.07, 6.45) is 3.24. The van der Waals surface area contributed by atoms with Gasteiger partial charge in [0.1, 0.15) is 13.7 Å². The third kappa shape index (κ3) is 10.3. The number of aliphatic hydroxyl groups is 1. The van der Waals surface area contributed by atoms with E-state index in [1.165, 1.54) is 19.1 Å². The number of rotatable bonds is 18. The summed E-state index contributed by atoms with van der Waals surface area (Å²) in [5.74, 6) is -2.99. The molecule has 0 bridgehead atoms. The molecule has 34 heavy (non-hydrogen) atoms. The molecule has 0 spiro atoms. The van der Waals surface area contributed by atoms with E-state index in [0.717, 1.165) is 4.90 Å². The number of imide groups is 1. The summed E-state index contributed by atoms with van der Waals surface area (Å²) in [4.78, 5) is 72.6. The number of carbonyl (C=O) groups excluding carboxylic acids is 6. The summed E-state index contributed by atoms with van der Waals surface area (Å²) < 4.78 is 6.91. The van der Waals surface area contributed by atoms with Crippen molar-refractivity contribution in [2.24, 2.45) is 11.7 Å². The van der Waals surface area contributed by atoms with Crippen molar-refractivity contribution in [3.63, 3.8) is 0 Å². The van der Waals surface area contributed by atoms with E-state index in [1.807, 2.05) is 0 Å². The standard InChI is InChI=1S/C23H36N4O7/c1-16(29)22(18(30)15-17(7-4-5-11-24)23(34)25-12-14-28)26-19(31)8-3-2-6-13-27-20(32)9-10-21(27)33/h9-10,14,16-17,22,29H,2-8,11-13,15,24H2,1H3,(H,25,34)(H,26,31)/t16-,17-,22+/m1/s1/i14D. The summed E-state index contributed by atoms with van der Waals surface area (Å²) >= 11 is 0. The molecule has 5 N–H and O–H groups in total. The molecule has 0 aromatic heterocycles. The van der Waals surface area contributed by atoms with Gasteiger partial charge in [-0.25, -0.2) is 0 Å². The molecule has 1 aliphatic heterocycles. The highest BCUT2D eigenvalue weighted by molar-refractivity contribution is 6.12. The molecule has 0 radical (unpaired) electrons. The smallest absolute Gasteiger partial charge is 0.253 e. The highest BCUT2D eigenvalue weighted by Gasteiger charge is 2.30. The number of hydrogen-bond donors (Lipinski definition) is 4. The van der Waals surface area contributed by atoms with E-state index in [2.05, 4.69) is 10.6 Å². The lowest BCUT2D eigenvalue weighted by Gasteiger charge is -2.23. The van der Waals surface area contributed by atoms with Crippen LogP contribution in [0.25, 0.3) is 0 Å². The number of nitrogens with zero attached hydrogens (tertiary/aromatic N) is 1. The minimum atomic E-state index is -1.20. The molecule has 190 valence electrons. The third-order valence-corrected chi connectivity index (χ3v) is 5.49. The average Bonchev–Trinajstić information content (AvgIpc) is 3.11. The van der Waals surface area contributed by atoms with Gasteiger partial charge in [-0.2, -0.15) is 0 Å². The van der Waals surface area contributed by atoms with Gasteiger partial charge in [0.2, 0.25) is 11.8 Å². The Morgan fingerprint density at radius 3 is 2.41 bits per heavy atom. The van der Waals surface area contributed by atoms with E-state index < -0.39 is 48.5 Å². The number of ketones is 1. The first-order chi connectivity index (χ1) is 16.6. The van der Waals surface area contributed by atoms with Gasteiger partial charge >= 0.3 is 0 Å². The second-order valence-corrected chi connectivity index (χ2v) is 8.27. The van der Waals surface area contributed by atoms with Crippen molar-refractivity contribution in [3.05, 3.63) is 12.2 Å². The van der Waals surface area contributed by atoms with E-state index in [-0.39, 0.29) is 31.2 Å². The van der Waals surface area contributed by atoms with Crippen molar-refractivity contribution in [3.8, 4) is 0 Å². The Balaban J connectivity index is 2.54. The molecule has 0 aromatic rings. The molecule has 4 amide bonds. The molecule has 1 heterocycles. The summed E-state index contributed by atoms with van der Waals surface area (Å²) in [5, 5.41) is 14.9. The van der Waals surface area contributed by atoms with E-state index in [9.17, 15) is 33.9 Å². The first-order valence-electron chi connectivity index (χ1n) is 12.1. The SMILES string of the molecule is [2H]C(=O)CNC(=O)[C@H](CCCCN)CC(=O)[C@@H](NC(=O)CCCCCN1C(=O)C=CC1=O)[C@@H](C)O. The van der Waals surface area contributed by atoms with Gasteiger partial charge in [-0.1, -0.05) is 12.8 Å². The summed E-state index contributed by atoms with van der Waals surface area (Å²) in [6.45, 7) is 1.58. The molecule has 11 heteroatoms. The molecular weight excluding hydrogens is 444 g/mol. The minimum absolute atomic E-state index is 0.0860. The Hall–Kier alpha value is -2.92. The number of nitrogens with one attached hydrogen (secondary N) is 2. The number of Topliss-reactive ketones (excluding diaryl/α,β-unsaturated/α-hetero) is 1. The van der Waals surface area contributed by atoms with Crippen molar-refractivity contribution in [2.75, 3.05) is 19.6 Å². The second-order valence-electron chi connectivity index (χ2n) is 8.27. The first-order valence-corrected chi connectivity index (χ1v) is 11.6. The lowest BCUT2D eigenvalue weighted by Crippen LogP contribution is -2.48. The molecule has 1 aliphatic rings. The van der Waals surface area contributed by atoms with Crippen LogP contribution in [-0.2, 0) is 28.8 Å². The fourth-order valence-corrected chi connectivity index (χ4v) is 3.60. The topological polar surface area (TPSA) is 176 Å². The zero-order valence-electron chi connectivity index (χ0n) is 20.6. The van der Waals surface area contributed by atoms with E-state index in [0.29, 0.717) is 45.1 Å². The Morgan fingerprint density at radius 1 is 1.15 bits per heavy atom. The average molecular weight is 482 g/mol. The predicted molar refractivity (Wildman–Crippen MR) is 123 cm³/mol. The fraction of sp³-hybridized carbons (Fsp3) is 0.652. The van der Waals surface area contributed by atoms with Crippen LogP contribution < -0.4 is 16.4 Å². The van der Waals surface area contributed by atoms with Gasteiger partial charge < -0.3 is 26.3 Å². The molecule has 0 unspecified atom stereocenters. The number of aldehydes is 1. The number of amides is 4. The molecule has 0 aliphatic carbocycles. The Morgan fingerprint density at radius 2 is 1.82 bits per heavy atom. The van der Waals surface area contributed by atoms with Crippen LogP contribution in [-0.4, -0.2) is 77.5 Å². The lowest BCUT2D eigenvalue weighted by atomic mass is 9.91. The Bertz CT molecular complexity index is 798. The molecular formula is C23H36N4O7. The van der Waals surface area contributed by atoms with Crippen LogP contribution in [0.2, 0.25) is 0 Å². The highest BCUT2D eigenvalue weighted by Crippen LogP contribution is 2.16. The summed E-state index contributed by atoms with van der Waals surface area (Å²) in [7, 11) is 0. The van der Waals surface area contributed by atoms with Crippen molar-refractivity contribution >= 4 is 35.7 Å². The van der Waals surface area contributed by atoms with Crippen LogP contribution in [0.3, 0.4) is 0 Å². The molecule has 0 saturated carbocycles. The monoisotopic (exact) mass is 481 g/mol. The molecule has 11 nitrogen and oxygen atoms in total. The van der Waals surface area contributed by atoms with Crippen molar-refractivity contribution in [1.29, 1.82) is 0 Å². The minimum Gasteiger partial charge on any atom is -0.391 e. The zero-order valence-corrected chi connectivity index (χ0v) is 19.6. The van der Waals surface area contributed by atoms with Crippen molar-refractivity contribution in [2.45, 2.75) is 70.4 Å². The third-order valence-electron chi connectivity index (χ3n) is 5.49. The fourth-order valence-electron chi connectivity index (χ4n) is 3.60. The number of unbranched alkanes of at least 4 members (excludes halogenated alkanes) is 3.